The summed E-state index contributed by atoms with van der Waals surface area (Å²) in [6, 6.07) is 9.30. The number of amides is 1. The monoisotopic (exact) mass is 394 g/mol. The highest BCUT2D eigenvalue weighted by Crippen LogP contribution is 2.36. The molecule has 1 aliphatic rings. The summed E-state index contributed by atoms with van der Waals surface area (Å²) in [6.07, 6.45) is 6.57. The smallest absolute Gasteiger partial charge is 0.262 e. The summed E-state index contributed by atoms with van der Waals surface area (Å²) in [4.78, 5) is 13.5. The number of rotatable bonds is 5. The number of aromatic nitrogens is 2. The zero-order valence-electron chi connectivity index (χ0n) is 15.1. The van der Waals surface area contributed by atoms with E-state index in [2.05, 4.69) is 21.6 Å². The van der Waals surface area contributed by atoms with Gasteiger partial charge in [-0.3, -0.25) is 4.79 Å². The number of aryl methyl sites for hydroxylation is 1. The molecule has 1 aromatic carbocycles. The lowest BCUT2D eigenvalue weighted by molar-refractivity contribution is -0.118. The summed E-state index contributed by atoms with van der Waals surface area (Å²) in [7, 11) is 0. The number of ether oxygens (including phenoxy) is 1. The molecule has 1 N–H and O–H groups in total. The molecule has 2 heterocycles. The fourth-order valence-electron chi connectivity index (χ4n) is 3.25. The van der Waals surface area contributed by atoms with Crippen LogP contribution in [0.4, 0.5) is 5.00 Å². The average Bonchev–Trinajstić information content (AvgIpc) is 3.29. The fourth-order valence-corrected chi connectivity index (χ4v) is 4.51. The Kier molecular flexibility index (Phi) is 5.35. The minimum absolute atomic E-state index is 0.132. The molecule has 0 bridgehead atoms. The van der Waals surface area contributed by atoms with Crippen LogP contribution in [-0.2, 0) is 17.6 Å². The lowest BCUT2D eigenvalue weighted by Crippen LogP contribution is -2.20. The molecule has 0 unspecified atom stereocenters. The van der Waals surface area contributed by atoms with Gasteiger partial charge in [0.05, 0.1) is 5.56 Å². The number of thiophene rings is 1. The molecule has 1 aliphatic carbocycles. The van der Waals surface area contributed by atoms with Crippen molar-refractivity contribution in [3.63, 3.8) is 0 Å². The van der Waals surface area contributed by atoms with E-state index in [1.54, 1.807) is 24.3 Å². The van der Waals surface area contributed by atoms with E-state index in [-0.39, 0.29) is 12.5 Å². The van der Waals surface area contributed by atoms with Gasteiger partial charge in [-0.15, -0.1) is 21.5 Å². The molecule has 0 aliphatic heterocycles. The van der Waals surface area contributed by atoms with Gasteiger partial charge < -0.3 is 14.5 Å². The Bertz CT molecular complexity index is 1000. The van der Waals surface area contributed by atoms with E-state index in [1.807, 2.05) is 0 Å². The van der Waals surface area contributed by atoms with Gasteiger partial charge in [-0.25, -0.2) is 0 Å². The van der Waals surface area contributed by atoms with Gasteiger partial charge in [0.2, 0.25) is 12.3 Å². The predicted octanol–water partition coefficient (Wildman–Crippen LogP) is 3.96. The van der Waals surface area contributed by atoms with Crippen LogP contribution in [0.15, 0.2) is 35.1 Å². The van der Waals surface area contributed by atoms with Crippen LogP contribution in [0.5, 0.6) is 5.75 Å². The van der Waals surface area contributed by atoms with Crippen LogP contribution in [0.1, 0.15) is 35.3 Å². The van der Waals surface area contributed by atoms with E-state index in [0.29, 0.717) is 22.2 Å². The maximum absolute atomic E-state index is 12.3. The van der Waals surface area contributed by atoms with Crippen LogP contribution in [0.2, 0.25) is 0 Å². The van der Waals surface area contributed by atoms with Gasteiger partial charge >= 0.3 is 0 Å². The number of nitrogens with one attached hydrogen (secondary N) is 1. The minimum atomic E-state index is -0.283. The summed E-state index contributed by atoms with van der Waals surface area (Å²) in [5.41, 5.74) is 2.49. The Morgan fingerprint density at radius 3 is 2.82 bits per heavy atom. The first kappa shape index (κ1) is 18.2. The number of hydrogen-bond donors (Lipinski definition) is 1. The van der Waals surface area contributed by atoms with Gasteiger partial charge in [0.25, 0.3) is 5.91 Å². The summed E-state index contributed by atoms with van der Waals surface area (Å²) in [5.74, 6) is 0.695. The fraction of sp³-hybridized carbons (Fsp3) is 0.300. The number of anilines is 1. The number of carbonyl (C=O) groups is 1. The predicted molar refractivity (Wildman–Crippen MR) is 104 cm³/mol. The molecule has 7 nitrogen and oxygen atoms in total. The molecule has 0 radical (unpaired) electrons. The number of nitriles is 1. The SMILES string of the molecule is N#Cc1c(NC(=O)COc2ccc(-c3nnco3)cc2)sc2c1CCCCC2. The molecule has 142 valence electrons. The zero-order chi connectivity index (χ0) is 19.3. The summed E-state index contributed by atoms with van der Waals surface area (Å²) < 4.78 is 10.7. The maximum atomic E-state index is 12.3. The van der Waals surface area contributed by atoms with Crippen molar-refractivity contribution in [3.05, 3.63) is 46.7 Å². The first-order chi connectivity index (χ1) is 13.7. The van der Waals surface area contributed by atoms with Gasteiger partial charge in [-0.1, -0.05) is 6.42 Å². The number of fused-ring (bicyclic) bond motifs is 1. The summed E-state index contributed by atoms with van der Waals surface area (Å²) >= 11 is 1.52. The van der Waals surface area contributed by atoms with Crippen molar-refractivity contribution < 1.29 is 13.9 Å². The van der Waals surface area contributed by atoms with Crippen LogP contribution >= 0.6 is 11.3 Å². The largest absolute Gasteiger partial charge is 0.484 e. The summed E-state index contributed by atoms with van der Waals surface area (Å²) in [6.45, 7) is -0.132. The molecule has 0 fully saturated rings. The maximum Gasteiger partial charge on any atom is 0.262 e. The third kappa shape index (κ3) is 3.89. The third-order valence-corrected chi connectivity index (χ3v) is 5.82. The molecular formula is C20H18N4O3S. The lowest BCUT2D eigenvalue weighted by atomic mass is 10.1. The molecule has 3 aromatic rings. The van der Waals surface area contributed by atoms with E-state index in [9.17, 15) is 10.1 Å². The van der Waals surface area contributed by atoms with Crippen molar-refractivity contribution in [1.82, 2.24) is 10.2 Å². The first-order valence-electron chi connectivity index (χ1n) is 9.08. The quantitative estimate of drug-likeness (QED) is 0.658. The second kappa shape index (κ2) is 8.23. The second-order valence-corrected chi connectivity index (χ2v) is 7.59. The molecule has 4 rings (SSSR count). The van der Waals surface area contributed by atoms with Gasteiger partial charge in [0.15, 0.2) is 6.61 Å². The average molecular weight is 394 g/mol. The highest BCUT2D eigenvalue weighted by molar-refractivity contribution is 7.16. The molecule has 0 atom stereocenters. The Morgan fingerprint density at radius 2 is 2.07 bits per heavy atom. The molecule has 1 amide bonds. The highest BCUT2D eigenvalue weighted by Gasteiger charge is 2.21. The normalized spacial score (nSPS) is 13.2. The van der Waals surface area contributed by atoms with E-state index < -0.39 is 0 Å². The molecule has 2 aromatic heterocycles. The van der Waals surface area contributed by atoms with E-state index in [4.69, 9.17) is 9.15 Å². The third-order valence-electron chi connectivity index (χ3n) is 4.62. The highest BCUT2D eigenvalue weighted by atomic mass is 32.1. The first-order valence-corrected chi connectivity index (χ1v) is 9.90. The van der Waals surface area contributed by atoms with Crippen molar-refractivity contribution in [3.8, 4) is 23.3 Å². The number of nitrogens with zero attached hydrogens (tertiary/aromatic N) is 3. The number of hydrogen-bond acceptors (Lipinski definition) is 7. The minimum Gasteiger partial charge on any atom is -0.484 e. The van der Waals surface area contributed by atoms with Gasteiger partial charge in [0, 0.05) is 10.4 Å². The zero-order valence-corrected chi connectivity index (χ0v) is 15.9. The molecule has 0 saturated carbocycles. The van der Waals surface area contributed by atoms with Gasteiger partial charge in [-0.05, 0) is 55.5 Å². The van der Waals surface area contributed by atoms with Crippen molar-refractivity contribution >= 4 is 22.2 Å². The molecule has 28 heavy (non-hydrogen) atoms. The van der Waals surface area contributed by atoms with Gasteiger partial charge in [-0.2, -0.15) is 5.26 Å². The Morgan fingerprint density at radius 1 is 1.25 bits per heavy atom. The summed E-state index contributed by atoms with van der Waals surface area (Å²) in [5, 5.41) is 20.5. The van der Waals surface area contributed by atoms with Crippen LogP contribution in [0.25, 0.3) is 11.5 Å². The Labute approximate surface area is 166 Å². The van der Waals surface area contributed by atoms with Crippen molar-refractivity contribution in [2.45, 2.75) is 32.1 Å². The van der Waals surface area contributed by atoms with Crippen LogP contribution in [0.3, 0.4) is 0 Å². The van der Waals surface area contributed by atoms with Gasteiger partial charge in [0.1, 0.15) is 16.8 Å². The molecule has 0 saturated heterocycles. The van der Waals surface area contributed by atoms with Crippen molar-refractivity contribution in [2.24, 2.45) is 0 Å². The van der Waals surface area contributed by atoms with E-state index >= 15 is 0 Å². The Balaban J connectivity index is 1.38. The van der Waals surface area contributed by atoms with Crippen LogP contribution in [0, 0.1) is 11.3 Å². The second-order valence-electron chi connectivity index (χ2n) is 6.49. The lowest BCUT2D eigenvalue weighted by Gasteiger charge is -2.07. The Hall–Kier alpha value is -3.18. The van der Waals surface area contributed by atoms with E-state index in [0.717, 1.165) is 36.8 Å². The molecular weight excluding hydrogens is 376 g/mol. The topological polar surface area (TPSA) is 101 Å². The van der Waals surface area contributed by atoms with Crippen LogP contribution in [-0.4, -0.2) is 22.7 Å². The molecule has 0 spiro atoms. The van der Waals surface area contributed by atoms with Crippen LogP contribution < -0.4 is 10.1 Å². The van der Waals surface area contributed by atoms with E-state index in [1.165, 1.54) is 29.0 Å². The number of carbonyl (C=O) groups excluding carboxylic acids is 1. The molecule has 8 heteroatoms. The van der Waals surface area contributed by atoms with Crippen molar-refractivity contribution in [1.29, 1.82) is 5.26 Å². The number of benzene rings is 1. The van der Waals surface area contributed by atoms with Crippen molar-refractivity contribution in [2.75, 3.05) is 11.9 Å². The standard InChI is InChI=1S/C20H18N4O3S/c21-10-16-15-4-2-1-3-5-17(15)28-20(16)23-18(25)11-26-14-8-6-13(7-9-14)19-24-22-12-27-19/h6-9,12H,1-5,11H2,(H,23,25).